The van der Waals surface area contributed by atoms with Crippen molar-refractivity contribution in [3.63, 3.8) is 0 Å². The molecule has 0 atom stereocenters. The number of carbonyl (C=O) groups is 2. The molecule has 2 aromatic heterocycles. The van der Waals surface area contributed by atoms with E-state index in [2.05, 4.69) is 9.98 Å². The van der Waals surface area contributed by atoms with Gasteiger partial charge in [0.05, 0.1) is 11.4 Å². The van der Waals surface area contributed by atoms with Crippen LogP contribution in [0, 0.1) is 0 Å². The minimum atomic E-state index is -0.793. The predicted molar refractivity (Wildman–Crippen MR) is 146 cm³/mol. The molecule has 0 aliphatic carbocycles. The molecule has 11 heteroatoms. The van der Waals surface area contributed by atoms with Crippen molar-refractivity contribution in [3.05, 3.63) is 104 Å². The number of carbonyl (C=O) groups excluding carboxylic acids is 4. The standard InChI is InChI=1S/2C13H9NO3S.Zn/c2*15-11(12-6-3-7-18-12)8-14-10-5-2-1-4-9(10)13(16)17;/h2*1-8H,(H,16,17);/q;;+2/p+4. The Labute approximate surface area is 232 Å². The van der Waals surface area contributed by atoms with Crippen molar-refractivity contribution >= 4 is 70.0 Å². The van der Waals surface area contributed by atoms with Crippen molar-refractivity contribution in [1.29, 1.82) is 0 Å². The molecule has 0 saturated carbocycles. The summed E-state index contributed by atoms with van der Waals surface area (Å²) < 4.78 is 0. The van der Waals surface area contributed by atoms with E-state index in [0.29, 0.717) is 21.1 Å². The summed E-state index contributed by atoms with van der Waals surface area (Å²) in [6.45, 7) is 0. The molecule has 0 fully saturated rings. The van der Waals surface area contributed by atoms with Gasteiger partial charge < -0.3 is 10.2 Å². The van der Waals surface area contributed by atoms with E-state index in [0.717, 1.165) is 0 Å². The molecule has 180 valence electrons. The molecule has 6 N–H and O–H groups in total. The summed E-state index contributed by atoms with van der Waals surface area (Å²) in [5.41, 5.74) is 1.18. The van der Waals surface area contributed by atoms with Gasteiger partial charge in [-0.1, -0.05) is 36.4 Å². The second kappa shape index (κ2) is 14.6. The number of rotatable bonds is 8. The molecule has 8 nitrogen and oxygen atoms in total. The summed E-state index contributed by atoms with van der Waals surface area (Å²) in [5, 5.41) is 17.9. The molecule has 0 aliphatic rings. The number of hydrogen-bond donors (Lipinski definition) is 0. The number of benzene rings is 2. The zero-order valence-corrected chi connectivity index (χ0v) is 24.0. The van der Waals surface area contributed by atoms with Crippen LogP contribution in [0.25, 0.3) is 0 Å². The number of thiophene rings is 2. The molecule has 0 spiro atoms. The van der Waals surface area contributed by atoms with Crippen LogP contribution in [0.3, 0.4) is 0 Å². The third-order valence-electron chi connectivity index (χ3n) is 4.50. The fourth-order valence-corrected chi connectivity index (χ4v) is 4.06. The second-order valence-electron chi connectivity index (χ2n) is 6.93. The van der Waals surface area contributed by atoms with E-state index in [1.165, 1.54) is 47.2 Å². The number of ketones is 2. The van der Waals surface area contributed by atoms with E-state index in [9.17, 15) is 19.2 Å². The largest absolute Gasteiger partial charge is 2.00 e. The Morgan fingerprint density at radius 2 is 1.03 bits per heavy atom. The summed E-state index contributed by atoms with van der Waals surface area (Å²) in [6, 6.07) is 20.3. The van der Waals surface area contributed by atoms with Crippen molar-refractivity contribution in [2.45, 2.75) is 0 Å². The Kier molecular flexibility index (Phi) is 11.6. The number of aliphatic imine (C=N–C) groups is 2. The molecular formula is C26H22N2O6S2Zn+6. The van der Waals surface area contributed by atoms with Crippen molar-refractivity contribution in [2.24, 2.45) is 9.98 Å². The molecular weight excluding hydrogens is 566 g/mol. The summed E-state index contributed by atoms with van der Waals surface area (Å²) in [7, 11) is 0. The maximum absolute atomic E-state index is 11.1. The Morgan fingerprint density at radius 3 is 1.35 bits per heavy atom. The van der Waals surface area contributed by atoms with Crippen molar-refractivity contribution in [3.8, 4) is 0 Å². The van der Waals surface area contributed by atoms with Crippen LogP contribution in [0.2, 0.25) is 0 Å². The average Bonchev–Trinajstić information content (AvgIpc) is 3.61. The Hall–Kier alpha value is -3.92. The van der Waals surface area contributed by atoms with Gasteiger partial charge >= 0.3 is 43.0 Å². The molecule has 2 heterocycles. The van der Waals surface area contributed by atoms with Gasteiger partial charge in [-0.2, -0.15) is 0 Å². The van der Waals surface area contributed by atoms with E-state index < -0.39 is 11.9 Å². The zero-order valence-electron chi connectivity index (χ0n) is 19.4. The van der Waals surface area contributed by atoms with Gasteiger partial charge in [-0.25, -0.2) is 9.98 Å². The minimum absolute atomic E-state index is 0. The fraction of sp³-hybridized carbons (Fsp3) is 0. The maximum atomic E-state index is 11.1. The molecule has 37 heavy (non-hydrogen) atoms. The van der Waals surface area contributed by atoms with Gasteiger partial charge in [0.25, 0.3) is 0 Å². The Balaban J connectivity index is 0.000000253. The summed E-state index contributed by atoms with van der Waals surface area (Å²) in [5.74, 6) is -1.51. The van der Waals surface area contributed by atoms with Gasteiger partial charge in [0.2, 0.25) is 0 Å². The van der Waals surface area contributed by atoms with Crippen LogP contribution >= 0.6 is 22.7 Å². The van der Waals surface area contributed by atoms with E-state index in [-0.39, 0.29) is 42.2 Å². The number of hydrogen-bond acceptors (Lipinski definition) is 6. The van der Waals surface area contributed by atoms with Gasteiger partial charge in [-0.15, -0.1) is 22.7 Å². The van der Waals surface area contributed by atoms with Gasteiger partial charge in [0, 0.05) is 9.59 Å². The van der Waals surface area contributed by atoms with Crippen LogP contribution < -0.4 is 0 Å². The first-order chi connectivity index (χ1) is 17.4. The predicted octanol–water partition coefficient (Wildman–Crippen LogP) is 3.81. The Bertz CT molecular complexity index is 1320. The quantitative estimate of drug-likeness (QED) is 0.133. The van der Waals surface area contributed by atoms with Gasteiger partial charge in [-0.3, -0.25) is 9.59 Å². The fourth-order valence-electron chi connectivity index (χ4n) is 2.79. The van der Waals surface area contributed by atoms with Gasteiger partial charge in [0.1, 0.15) is 33.3 Å². The molecule has 2 aromatic carbocycles. The second-order valence-corrected chi connectivity index (χ2v) is 8.83. The van der Waals surface area contributed by atoms with Crippen LogP contribution in [0.15, 0.2) is 93.5 Å². The van der Waals surface area contributed by atoms with E-state index >= 15 is 0 Å². The molecule has 0 radical (unpaired) electrons. The van der Waals surface area contributed by atoms with Crippen molar-refractivity contribution in [1.82, 2.24) is 0 Å². The van der Waals surface area contributed by atoms with Crippen molar-refractivity contribution < 1.29 is 48.9 Å². The minimum Gasteiger partial charge on any atom is -0.561 e. The summed E-state index contributed by atoms with van der Waals surface area (Å²) >= 11 is 2.79. The first-order valence-corrected chi connectivity index (χ1v) is 12.1. The maximum Gasteiger partial charge on any atom is 2.00 e. The molecule has 0 amide bonds. The number of nitrogens with zero attached hydrogens (tertiary/aromatic N) is 2. The average molecular weight is 588 g/mol. The molecule has 0 aliphatic heterocycles. The van der Waals surface area contributed by atoms with E-state index in [1.807, 2.05) is 22.9 Å². The monoisotopic (exact) mass is 586 g/mol. The van der Waals surface area contributed by atoms with Crippen LogP contribution in [0.5, 0.6) is 0 Å². The first kappa shape index (κ1) is 29.3. The Morgan fingerprint density at radius 1 is 0.649 bits per heavy atom. The summed E-state index contributed by atoms with van der Waals surface area (Å²) in [6.07, 6.45) is 2.57. The van der Waals surface area contributed by atoms with Crippen LogP contribution in [0.4, 0.5) is 11.4 Å². The number of para-hydroxylation sites is 2. The zero-order chi connectivity index (χ0) is 25.9. The SMILES string of the molecule is O=C([OH2+])c1ccccc1N=CC(=[OH+])c1cccs1.O=C([OH2+])c1ccccc1N=CC(=[OH+])c1cccs1.[Zn+2]. The first-order valence-electron chi connectivity index (χ1n) is 10.3. The topological polar surface area (TPSA) is 147 Å². The van der Waals surface area contributed by atoms with E-state index in [4.69, 9.17) is 10.2 Å². The van der Waals surface area contributed by atoms with Crippen molar-refractivity contribution in [2.75, 3.05) is 0 Å². The third kappa shape index (κ3) is 8.61. The molecule has 0 saturated heterocycles. The van der Waals surface area contributed by atoms with E-state index in [1.54, 1.807) is 48.5 Å². The van der Waals surface area contributed by atoms with Gasteiger partial charge in [-0.05, 0) is 47.2 Å². The normalized spacial score (nSPS) is 10.4. The van der Waals surface area contributed by atoms with Crippen LogP contribution in [0.1, 0.15) is 30.5 Å². The summed E-state index contributed by atoms with van der Waals surface area (Å²) in [4.78, 5) is 51.1. The van der Waals surface area contributed by atoms with Crippen LogP contribution in [-0.4, -0.2) is 55.7 Å². The van der Waals surface area contributed by atoms with Crippen LogP contribution in [-0.2, 0) is 19.5 Å². The third-order valence-corrected chi connectivity index (χ3v) is 6.28. The molecule has 4 aromatic rings. The smallest absolute Gasteiger partial charge is 0.561 e. The molecule has 4 rings (SSSR count). The molecule has 0 unspecified atom stereocenters. The van der Waals surface area contributed by atoms with Gasteiger partial charge in [0.15, 0.2) is 0 Å². The molecule has 0 bridgehead atoms.